The van der Waals surface area contributed by atoms with Crippen LogP contribution in [0.5, 0.6) is 0 Å². The number of non-ortho nitro benzene ring substituents is 1. The Kier molecular flexibility index (Phi) is 3.96. The van der Waals surface area contributed by atoms with Crippen LogP contribution in [0.25, 0.3) is 0 Å². The Morgan fingerprint density at radius 2 is 2.27 bits per heavy atom. The highest BCUT2D eigenvalue weighted by Gasteiger charge is 2.17. The Morgan fingerprint density at radius 3 is 2.80 bits per heavy atom. The number of Topliss-reactive ketones (excluding diaryl/α,β-unsaturated/α-hetero) is 1. The van der Waals surface area contributed by atoms with Crippen LogP contribution in [-0.4, -0.2) is 15.5 Å². The third-order valence-corrected chi connectivity index (χ3v) is 3.05. The molecular weight excluding hydrogens is 262 g/mol. The molecule has 0 saturated heterocycles. The van der Waals surface area contributed by atoms with Crippen molar-refractivity contribution in [3.05, 3.63) is 39.9 Å². The van der Waals surface area contributed by atoms with E-state index >= 15 is 0 Å². The number of carbonyl (C=O) groups is 1. The van der Waals surface area contributed by atoms with E-state index in [9.17, 15) is 14.9 Å². The molecule has 0 fully saturated rings. The summed E-state index contributed by atoms with van der Waals surface area (Å²) in [5.74, 6) is -0.124. The van der Waals surface area contributed by atoms with Crippen LogP contribution in [0.1, 0.15) is 23.7 Å². The lowest BCUT2D eigenvalue weighted by molar-refractivity contribution is -0.384. The summed E-state index contributed by atoms with van der Waals surface area (Å²) in [4.78, 5) is 21.4. The fraction of sp³-hybridized carbons (Fsp3) is 0.300. The van der Waals surface area contributed by atoms with E-state index in [1.165, 1.54) is 18.2 Å². The lowest BCUT2D eigenvalue weighted by atomic mass is 10.1. The van der Waals surface area contributed by atoms with Gasteiger partial charge in [0, 0.05) is 17.7 Å². The topological polar surface area (TPSA) is 60.2 Å². The second kappa shape index (κ2) is 5.02. The number of alkyl halides is 1. The zero-order valence-electron chi connectivity index (χ0n) is 8.14. The van der Waals surface area contributed by atoms with Crippen molar-refractivity contribution in [2.45, 2.75) is 18.2 Å². The number of nitrogens with zero attached hydrogens (tertiary/aromatic N) is 1. The minimum Gasteiger partial charge on any atom is -0.293 e. The predicted molar refractivity (Wildman–Crippen MR) is 60.4 cm³/mol. The number of ketones is 1. The molecule has 0 radical (unpaired) electrons. The monoisotopic (exact) mass is 271 g/mol. The van der Waals surface area contributed by atoms with Gasteiger partial charge in [-0.15, -0.1) is 0 Å². The number of carbonyl (C=O) groups excluding carboxylic acids is 1. The molecule has 1 atom stereocenters. The van der Waals surface area contributed by atoms with Crippen molar-refractivity contribution < 1.29 is 9.72 Å². The van der Waals surface area contributed by atoms with Crippen LogP contribution in [0.2, 0.25) is 0 Å². The summed E-state index contributed by atoms with van der Waals surface area (Å²) in [5, 5.41) is 10.5. The Morgan fingerprint density at radius 1 is 1.60 bits per heavy atom. The smallest absolute Gasteiger partial charge is 0.270 e. The van der Waals surface area contributed by atoms with Gasteiger partial charge in [0.25, 0.3) is 5.69 Å². The molecule has 0 saturated carbocycles. The molecule has 0 aliphatic heterocycles. The second-order valence-corrected chi connectivity index (χ2v) is 4.15. The molecule has 1 unspecified atom stereocenters. The van der Waals surface area contributed by atoms with Crippen LogP contribution in [0.15, 0.2) is 24.3 Å². The molecular formula is C10H10BrNO3. The van der Waals surface area contributed by atoms with E-state index < -0.39 is 4.92 Å². The quantitative estimate of drug-likeness (QED) is 0.366. The van der Waals surface area contributed by atoms with E-state index in [-0.39, 0.29) is 16.3 Å². The van der Waals surface area contributed by atoms with Gasteiger partial charge in [-0.05, 0) is 6.42 Å². The normalized spacial score (nSPS) is 12.1. The Bertz CT molecular complexity index is 392. The summed E-state index contributed by atoms with van der Waals surface area (Å²) in [6.45, 7) is 1.87. The van der Waals surface area contributed by atoms with Crippen LogP contribution in [0.4, 0.5) is 5.69 Å². The van der Waals surface area contributed by atoms with E-state index in [0.717, 1.165) is 0 Å². The molecule has 0 aliphatic rings. The first-order valence-electron chi connectivity index (χ1n) is 4.49. The number of halogens is 1. The molecule has 5 heteroatoms. The maximum atomic E-state index is 11.7. The second-order valence-electron chi connectivity index (χ2n) is 3.05. The number of rotatable bonds is 4. The van der Waals surface area contributed by atoms with E-state index in [4.69, 9.17) is 0 Å². The van der Waals surface area contributed by atoms with Crippen LogP contribution < -0.4 is 0 Å². The predicted octanol–water partition coefficient (Wildman–Crippen LogP) is 2.95. The summed E-state index contributed by atoms with van der Waals surface area (Å²) in [6.07, 6.45) is 0.654. The Hall–Kier alpha value is -1.23. The summed E-state index contributed by atoms with van der Waals surface area (Å²) in [5.41, 5.74) is 0.310. The van der Waals surface area contributed by atoms with Crippen molar-refractivity contribution in [1.29, 1.82) is 0 Å². The highest BCUT2D eigenvalue weighted by atomic mass is 79.9. The van der Waals surface area contributed by atoms with Crippen molar-refractivity contribution in [2.24, 2.45) is 0 Å². The first kappa shape index (κ1) is 11.8. The van der Waals surface area contributed by atoms with Gasteiger partial charge in [0.05, 0.1) is 9.75 Å². The first-order valence-corrected chi connectivity index (χ1v) is 5.40. The molecule has 1 aromatic rings. The minimum atomic E-state index is -0.508. The fourth-order valence-electron chi connectivity index (χ4n) is 1.14. The van der Waals surface area contributed by atoms with Gasteiger partial charge in [0.2, 0.25) is 0 Å². The molecule has 4 nitrogen and oxygen atoms in total. The minimum absolute atomic E-state index is 0.0587. The van der Waals surface area contributed by atoms with Crippen LogP contribution in [0.3, 0.4) is 0 Å². The number of benzene rings is 1. The fourth-order valence-corrected chi connectivity index (χ4v) is 1.40. The first-order chi connectivity index (χ1) is 7.06. The summed E-state index contributed by atoms with van der Waals surface area (Å²) in [6, 6.07) is 5.76. The molecule has 0 heterocycles. The molecule has 1 aromatic carbocycles. The van der Waals surface area contributed by atoms with Gasteiger partial charge in [-0.25, -0.2) is 0 Å². The largest absolute Gasteiger partial charge is 0.293 e. The average Bonchev–Trinajstić information content (AvgIpc) is 2.27. The van der Waals surface area contributed by atoms with Crippen molar-refractivity contribution in [3.8, 4) is 0 Å². The number of nitro benzene ring substituents is 1. The highest BCUT2D eigenvalue weighted by molar-refractivity contribution is 9.10. The van der Waals surface area contributed by atoms with E-state index in [2.05, 4.69) is 15.9 Å². The van der Waals surface area contributed by atoms with Gasteiger partial charge in [0.1, 0.15) is 0 Å². The molecule has 0 N–H and O–H groups in total. The SMILES string of the molecule is CCC(Br)C(=O)c1cccc([N+](=O)[O-])c1. The Labute approximate surface area is 95.6 Å². The summed E-state index contributed by atoms with van der Waals surface area (Å²) in [7, 11) is 0. The van der Waals surface area contributed by atoms with Gasteiger partial charge in [-0.2, -0.15) is 0 Å². The van der Waals surface area contributed by atoms with E-state index in [1.54, 1.807) is 6.07 Å². The highest BCUT2D eigenvalue weighted by Crippen LogP contribution is 2.18. The maximum Gasteiger partial charge on any atom is 0.270 e. The maximum absolute atomic E-state index is 11.7. The third kappa shape index (κ3) is 2.86. The van der Waals surface area contributed by atoms with E-state index in [1.807, 2.05) is 6.92 Å². The summed E-state index contributed by atoms with van der Waals surface area (Å²) < 4.78 is 0. The Balaban J connectivity index is 3.00. The molecule has 0 bridgehead atoms. The van der Waals surface area contributed by atoms with Gasteiger partial charge >= 0.3 is 0 Å². The molecule has 0 aliphatic carbocycles. The van der Waals surface area contributed by atoms with Crippen molar-refractivity contribution in [3.63, 3.8) is 0 Å². The molecule has 0 spiro atoms. The number of nitro groups is 1. The third-order valence-electron chi connectivity index (χ3n) is 1.98. The van der Waals surface area contributed by atoms with Crippen molar-refractivity contribution >= 4 is 27.4 Å². The molecule has 0 aromatic heterocycles. The average molecular weight is 272 g/mol. The van der Waals surface area contributed by atoms with Gasteiger partial charge in [-0.1, -0.05) is 35.0 Å². The zero-order valence-corrected chi connectivity index (χ0v) is 9.73. The van der Waals surface area contributed by atoms with E-state index in [0.29, 0.717) is 12.0 Å². The molecule has 0 amide bonds. The van der Waals surface area contributed by atoms with Gasteiger partial charge in [-0.3, -0.25) is 14.9 Å². The van der Waals surface area contributed by atoms with Crippen molar-refractivity contribution in [1.82, 2.24) is 0 Å². The van der Waals surface area contributed by atoms with Gasteiger partial charge in [0.15, 0.2) is 5.78 Å². The lowest BCUT2D eigenvalue weighted by Gasteiger charge is -2.04. The number of hydrogen-bond acceptors (Lipinski definition) is 3. The molecule has 1 rings (SSSR count). The zero-order chi connectivity index (χ0) is 11.4. The summed E-state index contributed by atoms with van der Waals surface area (Å²) >= 11 is 3.22. The van der Waals surface area contributed by atoms with Crippen LogP contribution in [0, 0.1) is 10.1 Å². The van der Waals surface area contributed by atoms with Crippen molar-refractivity contribution in [2.75, 3.05) is 0 Å². The van der Waals surface area contributed by atoms with Gasteiger partial charge < -0.3 is 0 Å². The lowest BCUT2D eigenvalue weighted by Crippen LogP contribution is -2.12. The van der Waals surface area contributed by atoms with Crippen LogP contribution in [-0.2, 0) is 0 Å². The standard InChI is InChI=1S/C10H10BrNO3/c1-2-9(11)10(13)7-4-3-5-8(6-7)12(14)15/h3-6,9H,2H2,1H3. The van der Waals surface area contributed by atoms with Crippen LogP contribution >= 0.6 is 15.9 Å². The molecule has 15 heavy (non-hydrogen) atoms. The number of hydrogen-bond donors (Lipinski definition) is 0. The molecule has 80 valence electrons.